The molecule has 0 heterocycles. The number of aryl methyl sites for hydroxylation is 1. The van der Waals surface area contributed by atoms with Crippen molar-refractivity contribution in [2.75, 3.05) is 0 Å². The average Bonchev–Trinajstić information content (AvgIpc) is 2.76. The zero-order valence-electron chi connectivity index (χ0n) is 17.7. The molecule has 1 aromatic carbocycles. The molecule has 29 heavy (non-hydrogen) atoms. The third kappa shape index (κ3) is 7.46. The summed E-state index contributed by atoms with van der Waals surface area (Å²) in [6.45, 7) is 0. The number of rotatable bonds is 8. The van der Waals surface area contributed by atoms with Crippen LogP contribution in [0.2, 0.25) is 0 Å². The summed E-state index contributed by atoms with van der Waals surface area (Å²) in [5.74, 6) is 3.43. The van der Waals surface area contributed by atoms with Crippen LogP contribution >= 0.6 is 0 Å². The maximum atomic E-state index is 13.0. The van der Waals surface area contributed by atoms with E-state index in [2.05, 4.69) is 12.2 Å². The highest BCUT2D eigenvalue weighted by Crippen LogP contribution is 2.42. The number of unbranched alkanes of at least 4 members (excludes halogenated alkanes) is 1. The summed E-state index contributed by atoms with van der Waals surface area (Å²) in [5.41, 5.74) is 1.27. The van der Waals surface area contributed by atoms with Crippen molar-refractivity contribution in [3.63, 3.8) is 0 Å². The van der Waals surface area contributed by atoms with Gasteiger partial charge in [-0.2, -0.15) is 5.26 Å². The van der Waals surface area contributed by atoms with Gasteiger partial charge in [0.15, 0.2) is 0 Å². The number of halogens is 1. The van der Waals surface area contributed by atoms with Gasteiger partial charge in [-0.1, -0.05) is 56.0 Å². The Morgan fingerprint density at radius 1 is 0.862 bits per heavy atom. The van der Waals surface area contributed by atoms with Crippen LogP contribution < -0.4 is 0 Å². The Bertz CT molecular complexity index is 680. The van der Waals surface area contributed by atoms with E-state index in [1.165, 1.54) is 76.2 Å². The van der Waals surface area contributed by atoms with E-state index >= 15 is 0 Å². The second kappa shape index (κ2) is 12.0. The molecule has 0 spiro atoms. The van der Waals surface area contributed by atoms with Crippen LogP contribution in [-0.2, 0) is 6.42 Å². The SMILES string of the molecule is N#CC=CC=CC1CCC(C2CCC(CCCCc3ccc(F)cc3)CC2)CC1. The van der Waals surface area contributed by atoms with Gasteiger partial charge in [0.1, 0.15) is 5.82 Å². The Labute approximate surface area is 176 Å². The summed E-state index contributed by atoms with van der Waals surface area (Å²) in [5, 5.41) is 8.53. The van der Waals surface area contributed by atoms with Crippen LogP contribution in [-0.4, -0.2) is 0 Å². The molecule has 0 bridgehead atoms. The lowest BCUT2D eigenvalue weighted by Gasteiger charge is -2.37. The van der Waals surface area contributed by atoms with E-state index < -0.39 is 0 Å². The maximum Gasteiger partial charge on any atom is 0.123 e. The topological polar surface area (TPSA) is 23.8 Å². The van der Waals surface area contributed by atoms with Crippen molar-refractivity contribution in [3.05, 3.63) is 60.0 Å². The quantitative estimate of drug-likeness (QED) is 0.251. The fraction of sp³-hybridized carbons (Fsp3) is 0.593. The van der Waals surface area contributed by atoms with Crippen LogP contribution in [0.25, 0.3) is 0 Å². The fourth-order valence-corrected chi connectivity index (χ4v) is 5.49. The molecule has 2 aliphatic rings. The minimum atomic E-state index is -0.136. The molecule has 156 valence electrons. The van der Waals surface area contributed by atoms with Gasteiger partial charge in [0.2, 0.25) is 0 Å². The first-order valence-electron chi connectivity index (χ1n) is 11.7. The van der Waals surface area contributed by atoms with Gasteiger partial charge >= 0.3 is 0 Å². The first kappa shape index (κ1) is 21.8. The molecule has 0 N–H and O–H groups in total. The zero-order chi connectivity index (χ0) is 20.3. The van der Waals surface area contributed by atoms with Crippen molar-refractivity contribution in [2.45, 2.75) is 77.0 Å². The normalized spacial score (nSPS) is 28.0. The average molecular weight is 394 g/mol. The van der Waals surface area contributed by atoms with Gasteiger partial charge in [-0.25, -0.2) is 4.39 Å². The standard InChI is InChI=1S/C27H36FN/c28-27-19-13-24(14-20-27)8-4-3-7-23-11-17-26(18-12-23)25-15-9-22(10-16-25)6-2-1-5-21-29/h1-2,5-6,13-14,19-20,22-23,25-26H,3-4,7-12,15-18H2. The summed E-state index contributed by atoms with van der Waals surface area (Å²) in [4.78, 5) is 0. The van der Waals surface area contributed by atoms with Crippen LogP contribution in [0.4, 0.5) is 4.39 Å². The molecule has 0 amide bonds. The van der Waals surface area contributed by atoms with E-state index in [4.69, 9.17) is 5.26 Å². The Morgan fingerprint density at radius 2 is 1.52 bits per heavy atom. The molecule has 0 saturated heterocycles. The van der Waals surface area contributed by atoms with E-state index in [0.717, 1.165) is 24.2 Å². The first-order chi connectivity index (χ1) is 14.2. The van der Waals surface area contributed by atoms with Crippen LogP contribution in [0.3, 0.4) is 0 Å². The maximum absolute atomic E-state index is 13.0. The summed E-state index contributed by atoms with van der Waals surface area (Å²) >= 11 is 0. The number of hydrogen-bond acceptors (Lipinski definition) is 1. The lowest BCUT2D eigenvalue weighted by Crippen LogP contribution is -2.25. The van der Waals surface area contributed by atoms with Crippen LogP contribution in [0.1, 0.15) is 76.2 Å². The monoisotopic (exact) mass is 393 g/mol. The van der Waals surface area contributed by atoms with E-state index in [9.17, 15) is 4.39 Å². The van der Waals surface area contributed by atoms with E-state index in [-0.39, 0.29) is 5.82 Å². The molecule has 2 fully saturated rings. The Kier molecular flexibility index (Phi) is 9.00. The largest absolute Gasteiger partial charge is 0.207 e. The smallest absolute Gasteiger partial charge is 0.123 e. The number of nitrogens with zero attached hydrogens (tertiary/aromatic N) is 1. The molecule has 2 heteroatoms. The number of benzene rings is 1. The molecular weight excluding hydrogens is 357 g/mol. The van der Waals surface area contributed by atoms with Crippen molar-refractivity contribution in [1.82, 2.24) is 0 Å². The predicted molar refractivity (Wildman–Crippen MR) is 119 cm³/mol. The molecule has 0 aliphatic heterocycles. The molecule has 0 aromatic heterocycles. The third-order valence-corrected chi connectivity index (χ3v) is 7.28. The minimum Gasteiger partial charge on any atom is -0.207 e. The molecule has 0 atom stereocenters. The fourth-order valence-electron chi connectivity index (χ4n) is 5.49. The molecule has 2 aliphatic carbocycles. The third-order valence-electron chi connectivity index (χ3n) is 7.28. The molecule has 1 aromatic rings. The van der Waals surface area contributed by atoms with Gasteiger partial charge in [-0.3, -0.25) is 0 Å². The molecule has 0 radical (unpaired) electrons. The van der Waals surface area contributed by atoms with Gasteiger partial charge in [-0.15, -0.1) is 0 Å². The molecule has 2 saturated carbocycles. The second-order valence-electron chi connectivity index (χ2n) is 9.20. The molecule has 3 rings (SSSR count). The van der Waals surface area contributed by atoms with Crippen LogP contribution in [0, 0.1) is 40.8 Å². The Morgan fingerprint density at radius 3 is 2.17 bits per heavy atom. The Balaban J connectivity index is 1.28. The lowest BCUT2D eigenvalue weighted by molar-refractivity contribution is 0.151. The van der Waals surface area contributed by atoms with Gasteiger partial charge in [0.05, 0.1) is 6.07 Å². The second-order valence-corrected chi connectivity index (χ2v) is 9.20. The highest BCUT2D eigenvalue weighted by molar-refractivity contribution is 5.16. The van der Waals surface area contributed by atoms with Crippen molar-refractivity contribution >= 4 is 0 Å². The van der Waals surface area contributed by atoms with Gasteiger partial charge in [-0.05, 0) is 92.7 Å². The van der Waals surface area contributed by atoms with E-state index in [1.807, 2.05) is 24.3 Å². The Hall–Kier alpha value is -1.88. The van der Waals surface area contributed by atoms with Crippen molar-refractivity contribution in [2.24, 2.45) is 23.7 Å². The van der Waals surface area contributed by atoms with Gasteiger partial charge in [0, 0.05) is 6.08 Å². The molecule has 0 unspecified atom stereocenters. The van der Waals surface area contributed by atoms with Crippen molar-refractivity contribution in [3.8, 4) is 6.07 Å². The molecule has 1 nitrogen and oxygen atoms in total. The van der Waals surface area contributed by atoms with Gasteiger partial charge in [0.25, 0.3) is 0 Å². The van der Waals surface area contributed by atoms with Crippen LogP contribution in [0.15, 0.2) is 48.6 Å². The highest BCUT2D eigenvalue weighted by atomic mass is 19.1. The predicted octanol–water partition coefficient (Wildman–Crippen LogP) is 7.79. The first-order valence-corrected chi connectivity index (χ1v) is 11.7. The minimum absolute atomic E-state index is 0.136. The summed E-state index contributed by atoms with van der Waals surface area (Å²) < 4.78 is 13.0. The number of nitriles is 1. The summed E-state index contributed by atoms with van der Waals surface area (Å²) in [7, 11) is 0. The zero-order valence-corrected chi connectivity index (χ0v) is 17.7. The van der Waals surface area contributed by atoms with Crippen molar-refractivity contribution in [1.29, 1.82) is 5.26 Å². The van der Waals surface area contributed by atoms with Gasteiger partial charge < -0.3 is 0 Å². The van der Waals surface area contributed by atoms with Crippen LogP contribution in [0.5, 0.6) is 0 Å². The molecular formula is C27H36FN. The highest BCUT2D eigenvalue weighted by Gasteiger charge is 2.30. The van der Waals surface area contributed by atoms with E-state index in [1.54, 1.807) is 18.2 Å². The lowest BCUT2D eigenvalue weighted by atomic mass is 9.68. The van der Waals surface area contributed by atoms with Crippen molar-refractivity contribution < 1.29 is 4.39 Å². The van der Waals surface area contributed by atoms with E-state index in [0.29, 0.717) is 5.92 Å². The number of hydrogen-bond donors (Lipinski definition) is 0. The summed E-state index contributed by atoms with van der Waals surface area (Å²) in [6.07, 6.45) is 23.9. The summed E-state index contributed by atoms with van der Waals surface area (Å²) in [6, 6.07) is 9.04. The number of allylic oxidation sites excluding steroid dienone is 4.